The van der Waals surface area contributed by atoms with Crippen LogP contribution in [0.5, 0.6) is 0 Å². The molecule has 3 rings (SSSR count). The molecule has 7 heteroatoms. The van der Waals surface area contributed by atoms with Crippen LogP contribution in [0.4, 0.5) is 0 Å². The molecule has 0 atom stereocenters. The molecule has 0 aliphatic carbocycles. The predicted octanol–water partition coefficient (Wildman–Crippen LogP) is 2.62. The Kier molecular flexibility index (Phi) is 6.12. The molecule has 1 heterocycles. The number of nitriles is 1. The zero-order valence-corrected chi connectivity index (χ0v) is 16.6. The number of benzene rings is 2. The van der Waals surface area contributed by atoms with Crippen LogP contribution < -0.4 is 0 Å². The van der Waals surface area contributed by atoms with E-state index >= 15 is 0 Å². The molecule has 0 unspecified atom stereocenters. The van der Waals surface area contributed by atoms with E-state index in [1.807, 2.05) is 36.4 Å². The zero-order valence-electron chi connectivity index (χ0n) is 15.8. The normalized spacial score (nSPS) is 15.7. The molecule has 2 aromatic carbocycles. The number of amides is 1. The third-order valence-electron chi connectivity index (χ3n) is 5.06. The molecular weight excluding hydrogens is 374 g/mol. The first kappa shape index (κ1) is 20.1. The minimum absolute atomic E-state index is 0.0549. The van der Waals surface area contributed by atoms with Crippen LogP contribution in [0, 0.1) is 17.2 Å². The lowest BCUT2D eigenvalue weighted by Crippen LogP contribution is -2.43. The fourth-order valence-electron chi connectivity index (χ4n) is 3.44. The molecule has 0 spiro atoms. The fraction of sp³-hybridized carbons (Fsp3) is 0.333. The number of nitrogens with zero attached hydrogens (tertiary/aromatic N) is 3. The van der Waals surface area contributed by atoms with Crippen LogP contribution >= 0.6 is 0 Å². The van der Waals surface area contributed by atoms with Crippen molar-refractivity contribution >= 4 is 15.9 Å². The van der Waals surface area contributed by atoms with E-state index in [2.05, 4.69) is 0 Å². The second-order valence-corrected chi connectivity index (χ2v) is 8.93. The molecule has 1 amide bonds. The second-order valence-electron chi connectivity index (χ2n) is 6.99. The third-order valence-corrected chi connectivity index (χ3v) is 6.98. The SMILES string of the molecule is CN(Cc1ccccc1)C(=O)C1CCN(S(=O)(=O)c2ccc(C#N)cc2)CC1. The Balaban J connectivity index is 1.60. The van der Waals surface area contributed by atoms with Crippen molar-refractivity contribution in [3.05, 3.63) is 65.7 Å². The lowest BCUT2D eigenvalue weighted by atomic mass is 9.96. The van der Waals surface area contributed by atoms with E-state index in [4.69, 9.17) is 5.26 Å². The molecule has 0 N–H and O–H groups in total. The van der Waals surface area contributed by atoms with Gasteiger partial charge in [-0.2, -0.15) is 9.57 Å². The Bertz CT molecular complexity index is 958. The minimum Gasteiger partial charge on any atom is -0.341 e. The summed E-state index contributed by atoms with van der Waals surface area (Å²) < 4.78 is 27.0. The molecule has 0 radical (unpaired) electrons. The summed E-state index contributed by atoms with van der Waals surface area (Å²) in [4.78, 5) is 14.6. The average molecular weight is 398 g/mol. The average Bonchev–Trinajstić information content (AvgIpc) is 2.74. The highest BCUT2D eigenvalue weighted by Crippen LogP contribution is 2.25. The highest BCUT2D eigenvalue weighted by Gasteiger charge is 2.33. The van der Waals surface area contributed by atoms with Gasteiger partial charge >= 0.3 is 0 Å². The smallest absolute Gasteiger partial charge is 0.243 e. The number of rotatable bonds is 5. The third kappa shape index (κ3) is 4.41. The Morgan fingerprint density at radius 2 is 1.71 bits per heavy atom. The van der Waals surface area contributed by atoms with Gasteiger partial charge in [0, 0.05) is 32.6 Å². The van der Waals surface area contributed by atoms with Crippen molar-refractivity contribution in [2.75, 3.05) is 20.1 Å². The van der Waals surface area contributed by atoms with Gasteiger partial charge in [-0.3, -0.25) is 4.79 Å². The summed E-state index contributed by atoms with van der Waals surface area (Å²) in [5.41, 5.74) is 1.49. The highest BCUT2D eigenvalue weighted by atomic mass is 32.2. The predicted molar refractivity (Wildman–Crippen MR) is 106 cm³/mol. The van der Waals surface area contributed by atoms with Gasteiger partial charge in [-0.15, -0.1) is 0 Å². The Labute approximate surface area is 166 Å². The van der Waals surface area contributed by atoms with Gasteiger partial charge in [0.2, 0.25) is 15.9 Å². The summed E-state index contributed by atoms with van der Waals surface area (Å²) in [7, 11) is -1.82. The van der Waals surface area contributed by atoms with Crippen LogP contribution in [-0.4, -0.2) is 43.7 Å². The van der Waals surface area contributed by atoms with Gasteiger partial charge in [0.05, 0.1) is 16.5 Å². The summed E-state index contributed by atoms with van der Waals surface area (Å²) in [6.07, 6.45) is 1.01. The molecule has 28 heavy (non-hydrogen) atoms. The molecule has 0 saturated carbocycles. The number of hydrogen-bond acceptors (Lipinski definition) is 4. The second kappa shape index (κ2) is 8.55. The lowest BCUT2D eigenvalue weighted by Gasteiger charge is -2.32. The molecule has 2 aromatic rings. The topological polar surface area (TPSA) is 81.5 Å². The molecule has 6 nitrogen and oxygen atoms in total. The van der Waals surface area contributed by atoms with E-state index in [1.165, 1.54) is 28.6 Å². The van der Waals surface area contributed by atoms with Crippen molar-refractivity contribution in [2.45, 2.75) is 24.3 Å². The summed E-state index contributed by atoms with van der Waals surface area (Å²) in [6.45, 7) is 1.18. The number of carbonyl (C=O) groups is 1. The van der Waals surface area contributed by atoms with Crippen molar-refractivity contribution in [1.82, 2.24) is 9.21 Å². The summed E-state index contributed by atoms with van der Waals surface area (Å²) in [5.74, 6) is -0.111. The van der Waals surface area contributed by atoms with Gasteiger partial charge in [0.25, 0.3) is 0 Å². The molecule has 0 aromatic heterocycles. The number of sulfonamides is 1. The maximum Gasteiger partial charge on any atom is 0.243 e. The number of carbonyl (C=O) groups excluding carboxylic acids is 1. The quantitative estimate of drug-likeness (QED) is 0.777. The van der Waals surface area contributed by atoms with Gasteiger partial charge in [-0.1, -0.05) is 30.3 Å². The summed E-state index contributed by atoms with van der Waals surface area (Å²) >= 11 is 0. The first-order valence-electron chi connectivity index (χ1n) is 9.21. The molecule has 0 bridgehead atoms. The van der Waals surface area contributed by atoms with E-state index < -0.39 is 10.0 Å². The van der Waals surface area contributed by atoms with Gasteiger partial charge < -0.3 is 4.90 Å². The van der Waals surface area contributed by atoms with Crippen LogP contribution in [0.15, 0.2) is 59.5 Å². The molecule has 1 aliphatic heterocycles. The van der Waals surface area contributed by atoms with E-state index in [0.29, 0.717) is 38.0 Å². The molecule has 1 saturated heterocycles. The monoisotopic (exact) mass is 397 g/mol. The Hall–Kier alpha value is -2.69. The van der Waals surface area contributed by atoms with Crippen LogP contribution in [-0.2, 0) is 21.4 Å². The summed E-state index contributed by atoms with van der Waals surface area (Å²) in [6, 6.07) is 17.7. The lowest BCUT2D eigenvalue weighted by molar-refractivity contribution is -0.135. The van der Waals surface area contributed by atoms with E-state index in [-0.39, 0.29) is 16.7 Å². The standard InChI is InChI=1S/C21H23N3O3S/c1-23(16-18-5-3-2-4-6-18)21(25)19-11-13-24(14-12-19)28(26,27)20-9-7-17(15-22)8-10-20/h2-10,19H,11-14,16H2,1H3. The zero-order chi connectivity index (χ0) is 20.1. The minimum atomic E-state index is -3.61. The maximum atomic E-state index is 12.8. The van der Waals surface area contributed by atoms with Gasteiger partial charge in [-0.25, -0.2) is 8.42 Å². The van der Waals surface area contributed by atoms with Crippen molar-refractivity contribution in [1.29, 1.82) is 5.26 Å². The Morgan fingerprint density at radius 3 is 2.29 bits per heavy atom. The Morgan fingerprint density at radius 1 is 1.11 bits per heavy atom. The molecule has 146 valence electrons. The van der Waals surface area contributed by atoms with Crippen LogP contribution in [0.2, 0.25) is 0 Å². The maximum absolute atomic E-state index is 12.8. The van der Waals surface area contributed by atoms with Crippen molar-refractivity contribution < 1.29 is 13.2 Å². The van der Waals surface area contributed by atoms with Crippen LogP contribution in [0.25, 0.3) is 0 Å². The summed E-state index contributed by atoms with van der Waals surface area (Å²) in [5, 5.41) is 8.85. The molecule has 1 fully saturated rings. The van der Waals surface area contributed by atoms with Crippen LogP contribution in [0.1, 0.15) is 24.0 Å². The van der Waals surface area contributed by atoms with E-state index in [0.717, 1.165) is 5.56 Å². The van der Waals surface area contributed by atoms with Gasteiger partial charge in [0.15, 0.2) is 0 Å². The van der Waals surface area contributed by atoms with Gasteiger partial charge in [0.1, 0.15) is 0 Å². The first-order chi connectivity index (χ1) is 13.4. The highest BCUT2D eigenvalue weighted by molar-refractivity contribution is 7.89. The van der Waals surface area contributed by atoms with E-state index in [1.54, 1.807) is 11.9 Å². The fourth-order valence-corrected chi connectivity index (χ4v) is 4.91. The van der Waals surface area contributed by atoms with Gasteiger partial charge in [-0.05, 0) is 42.7 Å². The van der Waals surface area contributed by atoms with Crippen molar-refractivity contribution in [2.24, 2.45) is 5.92 Å². The largest absolute Gasteiger partial charge is 0.341 e. The van der Waals surface area contributed by atoms with E-state index in [9.17, 15) is 13.2 Å². The number of piperidine rings is 1. The van der Waals surface area contributed by atoms with Crippen LogP contribution in [0.3, 0.4) is 0 Å². The first-order valence-corrected chi connectivity index (χ1v) is 10.6. The molecular formula is C21H23N3O3S. The number of hydrogen-bond donors (Lipinski definition) is 0. The van der Waals surface area contributed by atoms with Crippen molar-refractivity contribution in [3.63, 3.8) is 0 Å². The molecule has 1 aliphatic rings. The van der Waals surface area contributed by atoms with Crippen molar-refractivity contribution in [3.8, 4) is 6.07 Å².